The van der Waals surface area contributed by atoms with Crippen molar-refractivity contribution >= 4 is 11.6 Å². The van der Waals surface area contributed by atoms with Crippen LogP contribution in [-0.4, -0.2) is 14.9 Å². The molecule has 0 saturated heterocycles. The van der Waals surface area contributed by atoms with E-state index in [4.69, 9.17) is 11.6 Å². The lowest BCUT2D eigenvalue weighted by atomic mass is 10.1. The summed E-state index contributed by atoms with van der Waals surface area (Å²) in [5.74, 6) is -0.381. The fourth-order valence-electron chi connectivity index (χ4n) is 1.71. The highest BCUT2D eigenvalue weighted by Crippen LogP contribution is 2.23. The Morgan fingerprint density at radius 1 is 1.47 bits per heavy atom. The number of rotatable bonds is 3. The van der Waals surface area contributed by atoms with Gasteiger partial charge < -0.3 is 5.11 Å². The van der Waals surface area contributed by atoms with Crippen LogP contribution in [0.1, 0.15) is 17.4 Å². The number of halogens is 2. The van der Waals surface area contributed by atoms with E-state index in [1.165, 1.54) is 12.1 Å². The molecule has 1 aromatic carbocycles. The van der Waals surface area contributed by atoms with Crippen molar-refractivity contribution in [2.24, 2.45) is 7.05 Å². The number of aliphatic hydroxyl groups is 1. The summed E-state index contributed by atoms with van der Waals surface area (Å²) < 4.78 is 14.5. The van der Waals surface area contributed by atoms with Crippen LogP contribution in [0, 0.1) is 5.82 Å². The second-order valence-corrected chi connectivity index (χ2v) is 4.24. The molecule has 3 nitrogen and oxygen atoms in total. The number of aliphatic hydroxyl groups excluding tert-OH is 1. The fourth-order valence-corrected chi connectivity index (χ4v) is 1.96. The van der Waals surface area contributed by atoms with Crippen molar-refractivity contribution in [1.82, 2.24) is 9.78 Å². The van der Waals surface area contributed by atoms with E-state index in [-0.39, 0.29) is 5.82 Å². The van der Waals surface area contributed by atoms with Crippen LogP contribution < -0.4 is 0 Å². The third-order valence-corrected chi connectivity index (χ3v) is 2.98. The van der Waals surface area contributed by atoms with E-state index in [9.17, 15) is 9.50 Å². The Bertz CT molecular complexity index is 527. The van der Waals surface area contributed by atoms with Gasteiger partial charge in [-0.05, 0) is 23.8 Å². The molecular weight excluding hydrogens is 243 g/mol. The fraction of sp³-hybridized carbons (Fsp3) is 0.250. The Kier molecular flexibility index (Phi) is 3.45. The van der Waals surface area contributed by atoms with Gasteiger partial charge in [0.1, 0.15) is 5.82 Å². The third kappa shape index (κ3) is 2.65. The molecule has 1 aromatic heterocycles. The lowest BCUT2D eigenvalue weighted by molar-refractivity contribution is 0.168. The van der Waals surface area contributed by atoms with Gasteiger partial charge in [-0.1, -0.05) is 17.7 Å². The Balaban J connectivity index is 2.19. The smallest absolute Gasteiger partial charge is 0.124 e. The Hall–Kier alpha value is -1.39. The molecule has 0 aliphatic heterocycles. The molecule has 1 unspecified atom stereocenters. The quantitative estimate of drug-likeness (QED) is 0.914. The predicted molar refractivity (Wildman–Crippen MR) is 63.3 cm³/mol. The van der Waals surface area contributed by atoms with Crippen LogP contribution in [0.4, 0.5) is 4.39 Å². The average molecular weight is 255 g/mol. The molecule has 0 bridgehead atoms. The zero-order chi connectivity index (χ0) is 12.4. The summed E-state index contributed by atoms with van der Waals surface area (Å²) in [6, 6.07) is 5.89. The molecule has 0 aliphatic carbocycles. The van der Waals surface area contributed by atoms with E-state index in [2.05, 4.69) is 5.10 Å². The van der Waals surface area contributed by atoms with Gasteiger partial charge in [0.25, 0.3) is 0 Å². The van der Waals surface area contributed by atoms with E-state index in [1.807, 2.05) is 0 Å². The number of hydrogen-bond acceptors (Lipinski definition) is 2. The van der Waals surface area contributed by atoms with Crippen molar-refractivity contribution in [3.63, 3.8) is 0 Å². The molecule has 0 fully saturated rings. The second-order valence-electron chi connectivity index (χ2n) is 3.84. The van der Waals surface area contributed by atoms with Gasteiger partial charge in [0.15, 0.2) is 0 Å². The first kappa shape index (κ1) is 12.1. The minimum atomic E-state index is -0.703. The van der Waals surface area contributed by atoms with Gasteiger partial charge in [0.05, 0.1) is 11.8 Å². The van der Waals surface area contributed by atoms with E-state index >= 15 is 0 Å². The maximum atomic E-state index is 12.9. The molecule has 1 N–H and O–H groups in total. The highest BCUT2D eigenvalue weighted by molar-refractivity contribution is 6.31. The minimum absolute atomic E-state index is 0.325. The first-order valence-electron chi connectivity index (χ1n) is 5.18. The molecule has 2 rings (SSSR count). The highest BCUT2D eigenvalue weighted by Gasteiger charge is 2.14. The predicted octanol–water partition coefficient (Wildman–Crippen LogP) is 2.49. The van der Waals surface area contributed by atoms with Crippen LogP contribution in [0.15, 0.2) is 30.5 Å². The van der Waals surface area contributed by atoms with Crippen molar-refractivity contribution in [2.45, 2.75) is 12.5 Å². The molecule has 0 spiro atoms. The zero-order valence-electron chi connectivity index (χ0n) is 9.27. The number of aromatic nitrogens is 2. The van der Waals surface area contributed by atoms with Crippen LogP contribution in [-0.2, 0) is 13.5 Å². The topological polar surface area (TPSA) is 38.0 Å². The number of benzene rings is 1. The molecule has 90 valence electrons. The van der Waals surface area contributed by atoms with Crippen LogP contribution in [0.25, 0.3) is 0 Å². The van der Waals surface area contributed by atoms with Crippen LogP contribution >= 0.6 is 11.6 Å². The molecule has 17 heavy (non-hydrogen) atoms. The Morgan fingerprint density at radius 2 is 2.24 bits per heavy atom. The van der Waals surface area contributed by atoms with Gasteiger partial charge in [-0.2, -0.15) is 5.10 Å². The van der Waals surface area contributed by atoms with Gasteiger partial charge in [-0.15, -0.1) is 0 Å². The van der Waals surface area contributed by atoms with Crippen molar-refractivity contribution < 1.29 is 9.50 Å². The SMILES string of the molecule is Cn1nccc1C(O)Cc1ccc(F)cc1Cl. The normalized spacial score (nSPS) is 12.7. The maximum Gasteiger partial charge on any atom is 0.124 e. The molecule has 0 amide bonds. The molecule has 0 radical (unpaired) electrons. The van der Waals surface area contributed by atoms with Gasteiger partial charge in [0, 0.05) is 24.7 Å². The largest absolute Gasteiger partial charge is 0.386 e. The lowest BCUT2D eigenvalue weighted by Crippen LogP contribution is -2.08. The molecule has 0 aliphatic rings. The van der Waals surface area contributed by atoms with Crippen molar-refractivity contribution in [2.75, 3.05) is 0 Å². The average Bonchev–Trinajstić information content (AvgIpc) is 2.68. The summed E-state index contributed by atoms with van der Waals surface area (Å²) in [7, 11) is 1.75. The monoisotopic (exact) mass is 254 g/mol. The van der Waals surface area contributed by atoms with E-state index < -0.39 is 6.10 Å². The van der Waals surface area contributed by atoms with Gasteiger partial charge in [0.2, 0.25) is 0 Å². The molecule has 1 heterocycles. The van der Waals surface area contributed by atoms with Crippen molar-refractivity contribution in [1.29, 1.82) is 0 Å². The van der Waals surface area contributed by atoms with Crippen molar-refractivity contribution in [3.05, 3.63) is 52.6 Å². The maximum absolute atomic E-state index is 12.9. The Morgan fingerprint density at radius 3 is 2.82 bits per heavy atom. The van der Waals surface area contributed by atoms with Crippen LogP contribution in [0.3, 0.4) is 0 Å². The van der Waals surface area contributed by atoms with E-state index in [1.54, 1.807) is 30.1 Å². The number of aryl methyl sites for hydroxylation is 1. The number of nitrogens with zero attached hydrogens (tertiary/aromatic N) is 2. The molecule has 0 saturated carbocycles. The third-order valence-electron chi connectivity index (χ3n) is 2.63. The molecule has 5 heteroatoms. The number of hydrogen-bond donors (Lipinski definition) is 1. The van der Waals surface area contributed by atoms with Gasteiger partial charge in [-0.3, -0.25) is 4.68 Å². The molecule has 1 atom stereocenters. The second kappa shape index (κ2) is 4.85. The van der Waals surface area contributed by atoms with Gasteiger partial charge >= 0.3 is 0 Å². The van der Waals surface area contributed by atoms with Crippen LogP contribution in [0.5, 0.6) is 0 Å². The summed E-state index contributed by atoms with van der Waals surface area (Å²) in [6.45, 7) is 0. The minimum Gasteiger partial charge on any atom is -0.386 e. The lowest BCUT2D eigenvalue weighted by Gasteiger charge is -2.12. The van der Waals surface area contributed by atoms with Gasteiger partial charge in [-0.25, -0.2) is 4.39 Å². The summed E-state index contributed by atoms with van der Waals surface area (Å²) >= 11 is 5.90. The summed E-state index contributed by atoms with van der Waals surface area (Å²) in [4.78, 5) is 0. The first-order valence-corrected chi connectivity index (χ1v) is 5.55. The standard InChI is InChI=1S/C12H12ClFN2O/c1-16-11(4-5-15-16)12(17)6-8-2-3-9(14)7-10(8)13/h2-5,7,12,17H,6H2,1H3. The highest BCUT2D eigenvalue weighted by atomic mass is 35.5. The Labute approximate surface area is 103 Å². The first-order chi connectivity index (χ1) is 8.08. The molecule has 2 aromatic rings. The van der Waals surface area contributed by atoms with Crippen LogP contribution in [0.2, 0.25) is 5.02 Å². The zero-order valence-corrected chi connectivity index (χ0v) is 10.0. The van der Waals surface area contributed by atoms with E-state index in [0.717, 1.165) is 0 Å². The van der Waals surface area contributed by atoms with E-state index in [0.29, 0.717) is 22.7 Å². The summed E-state index contributed by atoms with van der Waals surface area (Å²) in [5, 5.41) is 14.3. The summed E-state index contributed by atoms with van der Waals surface area (Å²) in [5.41, 5.74) is 1.41. The molecular formula is C12H12ClFN2O. The summed E-state index contributed by atoms with van der Waals surface area (Å²) in [6.07, 6.45) is 1.24. The van der Waals surface area contributed by atoms with Crippen molar-refractivity contribution in [3.8, 4) is 0 Å².